The predicted molar refractivity (Wildman–Crippen MR) is 88.6 cm³/mol. The van der Waals surface area contributed by atoms with Gasteiger partial charge in [-0.25, -0.2) is 4.79 Å². The molecule has 7 heteroatoms. The van der Waals surface area contributed by atoms with Crippen molar-refractivity contribution in [2.45, 2.75) is 20.3 Å². The second-order valence-electron chi connectivity index (χ2n) is 4.80. The van der Waals surface area contributed by atoms with Gasteiger partial charge in [0.2, 0.25) is 5.96 Å². The van der Waals surface area contributed by atoms with Crippen LogP contribution in [0, 0.1) is 0 Å². The SMILES string of the molecule is CCOc1cccc(OCC)c1N1CCCN=C1NC(=O)OC. The van der Waals surface area contributed by atoms with Crippen LogP contribution in [0.3, 0.4) is 0 Å². The number of carbonyl (C=O) groups is 1. The number of amides is 1. The Labute approximate surface area is 136 Å². The molecule has 1 aliphatic heterocycles. The zero-order valence-electron chi connectivity index (χ0n) is 13.8. The number of hydrogen-bond donors (Lipinski definition) is 1. The summed E-state index contributed by atoms with van der Waals surface area (Å²) in [7, 11) is 1.32. The Morgan fingerprint density at radius 1 is 1.26 bits per heavy atom. The Morgan fingerprint density at radius 3 is 2.48 bits per heavy atom. The van der Waals surface area contributed by atoms with E-state index in [1.54, 1.807) is 0 Å². The number of carbonyl (C=O) groups excluding carboxylic acids is 1. The van der Waals surface area contributed by atoms with Gasteiger partial charge in [0.1, 0.15) is 17.2 Å². The van der Waals surface area contributed by atoms with E-state index in [1.165, 1.54) is 7.11 Å². The van der Waals surface area contributed by atoms with Crippen molar-refractivity contribution in [2.75, 3.05) is 38.3 Å². The first-order valence-corrected chi connectivity index (χ1v) is 7.76. The van der Waals surface area contributed by atoms with Crippen LogP contribution in [0.5, 0.6) is 11.5 Å². The highest BCUT2D eigenvalue weighted by Crippen LogP contribution is 2.38. The molecule has 1 amide bonds. The Bertz CT molecular complexity index is 550. The van der Waals surface area contributed by atoms with Gasteiger partial charge in [0.05, 0.1) is 20.3 Å². The highest BCUT2D eigenvalue weighted by molar-refractivity contribution is 6.06. The van der Waals surface area contributed by atoms with Crippen molar-refractivity contribution in [3.05, 3.63) is 18.2 Å². The van der Waals surface area contributed by atoms with Crippen LogP contribution in [-0.2, 0) is 4.74 Å². The molecule has 0 saturated heterocycles. The normalized spacial score (nSPS) is 14.0. The molecule has 1 aromatic carbocycles. The monoisotopic (exact) mass is 321 g/mol. The Hall–Kier alpha value is -2.44. The summed E-state index contributed by atoms with van der Waals surface area (Å²) >= 11 is 0. The summed E-state index contributed by atoms with van der Waals surface area (Å²) in [5.74, 6) is 1.83. The van der Waals surface area contributed by atoms with Gasteiger partial charge in [-0.2, -0.15) is 0 Å². The van der Waals surface area contributed by atoms with Gasteiger partial charge in [-0.1, -0.05) is 6.07 Å². The fourth-order valence-electron chi connectivity index (χ4n) is 2.38. The average Bonchev–Trinajstić information content (AvgIpc) is 2.56. The van der Waals surface area contributed by atoms with Crippen molar-refractivity contribution in [1.29, 1.82) is 0 Å². The Balaban J connectivity index is 2.42. The van der Waals surface area contributed by atoms with Crippen LogP contribution in [-0.4, -0.2) is 45.5 Å². The van der Waals surface area contributed by atoms with Gasteiger partial charge in [0.15, 0.2) is 0 Å². The molecule has 0 aliphatic carbocycles. The standard InChI is InChI=1S/C16H23N3O4/c1-4-22-12-8-6-9-13(23-5-2)14(12)19-11-7-10-17-15(19)18-16(20)21-3/h6,8-9H,4-5,7,10-11H2,1-3H3,(H,17,18,20). The zero-order valence-corrected chi connectivity index (χ0v) is 13.8. The first-order chi connectivity index (χ1) is 11.2. The number of ether oxygens (including phenoxy) is 3. The molecule has 23 heavy (non-hydrogen) atoms. The molecule has 1 heterocycles. The molecule has 0 unspecified atom stereocenters. The fourth-order valence-corrected chi connectivity index (χ4v) is 2.38. The second-order valence-corrected chi connectivity index (χ2v) is 4.80. The molecule has 0 fully saturated rings. The van der Waals surface area contributed by atoms with Crippen LogP contribution in [0.2, 0.25) is 0 Å². The van der Waals surface area contributed by atoms with Crippen molar-refractivity contribution >= 4 is 17.7 Å². The van der Waals surface area contributed by atoms with E-state index in [0.717, 1.165) is 12.1 Å². The molecular weight excluding hydrogens is 298 g/mol. The molecule has 126 valence electrons. The van der Waals surface area contributed by atoms with E-state index < -0.39 is 6.09 Å². The first kappa shape index (κ1) is 16.9. The number of nitrogens with one attached hydrogen (secondary N) is 1. The number of aliphatic imine (C=N–C) groups is 1. The third kappa shape index (κ3) is 4.06. The lowest BCUT2D eigenvalue weighted by Gasteiger charge is -2.31. The summed E-state index contributed by atoms with van der Waals surface area (Å²) in [5.41, 5.74) is 0.769. The topological polar surface area (TPSA) is 72.4 Å². The summed E-state index contributed by atoms with van der Waals surface area (Å²) in [6, 6.07) is 5.64. The molecule has 7 nitrogen and oxygen atoms in total. The Kier molecular flexibility index (Phi) is 6.08. The highest BCUT2D eigenvalue weighted by atomic mass is 16.5. The summed E-state index contributed by atoms with van der Waals surface area (Å²) in [6.07, 6.45) is 0.320. The molecular formula is C16H23N3O4. The molecule has 0 radical (unpaired) electrons. The molecule has 0 atom stereocenters. The van der Waals surface area contributed by atoms with Gasteiger partial charge < -0.3 is 19.1 Å². The third-order valence-electron chi connectivity index (χ3n) is 3.29. The number of alkyl carbamates (subject to hydrolysis) is 1. The minimum absolute atomic E-state index is 0.441. The molecule has 0 spiro atoms. The predicted octanol–water partition coefficient (Wildman–Crippen LogP) is 2.41. The third-order valence-corrected chi connectivity index (χ3v) is 3.29. The second kappa shape index (κ2) is 8.26. The van der Waals surface area contributed by atoms with Crippen LogP contribution in [0.1, 0.15) is 20.3 Å². The van der Waals surface area contributed by atoms with E-state index in [-0.39, 0.29) is 0 Å². The van der Waals surface area contributed by atoms with E-state index >= 15 is 0 Å². The van der Waals surface area contributed by atoms with E-state index in [2.05, 4.69) is 15.0 Å². The lowest BCUT2D eigenvalue weighted by molar-refractivity contribution is 0.176. The van der Waals surface area contributed by atoms with E-state index in [9.17, 15) is 4.79 Å². The minimum atomic E-state index is -0.553. The van der Waals surface area contributed by atoms with Crippen molar-refractivity contribution in [2.24, 2.45) is 4.99 Å². The number of anilines is 1. The lowest BCUT2D eigenvalue weighted by atomic mass is 10.2. The van der Waals surface area contributed by atoms with Crippen LogP contribution in [0.15, 0.2) is 23.2 Å². The number of hydrogen-bond acceptors (Lipinski definition) is 6. The molecule has 1 aliphatic rings. The highest BCUT2D eigenvalue weighted by Gasteiger charge is 2.25. The first-order valence-electron chi connectivity index (χ1n) is 7.76. The average molecular weight is 321 g/mol. The van der Waals surface area contributed by atoms with Crippen LogP contribution in [0.4, 0.5) is 10.5 Å². The molecule has 0 bridgehead atoms. The molecule has 1 aromatic rings. The van der Waals surface area contributed by atoms with Gasteiger partial charge in [-0.05, 0) is 32.4 Å². The summed E-state index contributed by atoms with van der Waals surface area (Å²) in [5, 5.41) is 2.66. The van der Waals surface area contributed by atoms with Gasteiger partial charge in [0, 0.05) is 13.1 Å². The summed E-state index contributed by atoms with van der Waals surface area (Å²) in [6.45, 7) is 6.27. The van der Waals surface area contributed by atoms with Gasteiger partial charge in [-0.15, -0.1) is 0 Å². The van der Waals surface area contributed by atoms with Crippen molar-refractivity contribution in [1.82, 2.24) is 5.32 Å². The maximum atomic E-state index is 11.6. The van der Waals surface area contributed by atoms with Gasteiger partial charge >= 0.3 is 6.09 Å². The van der Waals surface area contributed by atoms with Crippen LogP contribution < -0.4 is 19.7 Å². The van der Waals surface area contributed by atoms with Crippen molar-refractivity contribution in [3.63, 3.8) is 0 Å². The smallest absolute Gasteiger partial charge is 0.413 e. The van der Waals surface area contributed by atoms with E-state index in [0.29, 0.717) is 43.8 Å². The largest absolute Gasteiger partial charge is 0.492 e. The fraction of sp³-hybridized carbons (Fsp3) is 0.500. The molecule has 1 N–H and O–H groups in total. The maximum Gasteiger partial charge on any atom is 0.413 e. The maximum absolute atomic E-state index is 11.6. The van der Waals surface area contributed by atoms with Gasteiger partial charge in [-0.3, -0.25) is 10.3 Å². The van der Waals surface area contributed by atoms with Crippen LogP contribution in [0.25, 0.3) is 0 Å². The van der Waals surface area contributed by atoms with Crippen LogP contribution >= 0.6 is 0 Å². The minimum Gasteiger partial charge on any atom is -0.492 e. The summed E-state index contributed by atoms with van der Waals surface area (Å²) in [4.78, 5) is 17.9. The number of methoxy groups -OCH3 is 1. The molecule has 2 rings (SSSR count). The van der Waals surface area contributed by atoms with E-state index in [1.807, 2.05) is 36.9 Å². The van der Waals surface area contributed by atoms with Gasteiger partial charge in [0.25, 0.3) is 0 Å². The quantitative estimate of drug-likeness (QED) is 0.901. The van der Waals surface area contributed by atoms with Crippen molar-refractivity contribution in [3.8, 4) is 11.5 Å². The number of para-hydroxylation sites is 1. The zero-order chi connectivity index (χ0) is 16.7. The number of rotatable bonds is 5. The summed E-state index contributed by atoms with van der Waals surface area (Å²) < 4.78 is 16.1. The Morgan fingerprint density at radius 2 is 1.91 bits per heavy atom. The number of benzene rings is 1. The lowest BCUT2D eigenvalue weighted by Crippen LogP contribution is -2.47. The molecule has 0 saturated carbocycles. The number of guanidine groups is 1. The van der Waals surface area contributed by atoms with E-state index in [4.69, 9.17) is 9.47 Å². The number of nitrogens with zero attached hydrogens (tertiary/aromatic N) is 2. The molecule has 0 aromatic heterocycles. The van der Waals surface area contributed by atoms with Crippen molar-refractivity contribution < 1.29 is 19.0 Å².